The first-order valence-electron chi connectivity index (χ1n) is 13.1. The Morgan fingerprint density at radius 1 is 1.22 bits per heavy atom. The third kappa shape index (κ3) is 2.49. The van der Waals surface area contributed by atoms with E-state index in [2.05, 4.69) is 0 Å². The fraction of sp³-hybridized carbons (Fsp3) is 0.852. The molecule has 36 heavy (non-hydrogen) atoms. The summed E-state index contributed by atoms with van der Waals surface area (Å²) in [6.45, 7) is 12.8. The first kappa shape index (κ1) is 24.9. The zero-order chi connectivity index (χ0) is 26.4. The van der Waals surface area contributed by atoms with Crippen LogP contribution in [0.15, 0.2) is 12.2 Å². The van der Waals surface area contributed by atoms with E-state index in [1.165, 1.54) is 6.08 Å². The van der Waals surface area contributed by atoms with Crippen LogP contribution in [0, 0.1) is 35.0 Å². The summed E-state index contributed by atoms with van der Waals surface area (Å²) < 4.78 is 24.7. The van der Waals surface area contributed by atoms with Crippen LogP contribution < -0.4 is 0 Å². The molecule has 6 rings (SSSR count). The summed E-state index contributed by atoms with van der Waals surface area (Å²) >= 11 is 0. The van der Waals surface area contributed by atoms with E-state index in [4.69, 9.17) is 18.9 Å². The average Bonchev–Trinajstić information content (AvgIpc) is 3.60. The van der Waals surface area contributed by atoms with Crippen LogP contribution in [0.1, 0.15) is 54.9 Å². The van der Waals surface area contributed by atoms with Crippen molar-refractivity contribution in [2.75, 3.05) is 6.61 Å². The Labute approximate surface area is 211 Å². The van der Waals surface area contributed by atoms with Gasteiger partial charge in [-0.15, -0.1) is 0 Å². The number of hydrogen-bond acceptors (Lipinski definition) is 9. The van der Waals surface area contributed by atoms with Gasteiger partial charge in [-0.05, 0) is 26.3 Å². The maximum absolute atomic E-state index is 13.3. The molecule has 3 N–H and O–H groups in total. The molecule has 1 unspecified atom stereocenters. The first-order valence-corrected chi connectivity index (χ1v) is 13.1. The second-order valence-electron chi connectivity index (χ2n) is 13.1. The Morgan fingerprint density at radius 3 is 2.53 bits per heavy atom. The van der Waals surface area contributed by atoms with Gasteiger partial charge in [-0.25, -0.2) is 0 Å². The van der Waals surface area contributed by atoms with Crippen molar-refractivity contribution in [2.24, 2.45) is 35.0 Å². The lowest BCUT2D eigenvalue weighted by molar-refractivity contribution is -0.329. The summed E-state index contributed by atoms with van der Waals surface area (Å²) in [5, 5.41) is 36.5. The predicted molar refractivity (Wildman–Crippen MR) is 124 cm³/mol. The van der Waals surface area contributed by atoms with Gasteiger partial charge in [-0.3, -0.25) is 9.59 Å². The zero-order valence-electron chi connectivity index (χ0n) is 22.0. The number of carbonyl (C=O) groups is 2. The zero-order valence-corrected chi connectivity index (χ0v) is 22.0. The third-order valence-corrected chi connectivity index (χ3v) is 10.8. The number of ketones is 1. The van der Waals surface area contributed by atoms with Crippen molar-refractivity contribution < 1.29 is 43.9 Å². The van der Waals surface area contributed by atoms with Crippen LogP contribution in [0.25, 0.3) is 0 Å². The van der Waals surface area contributed by atoms with E-state index in [-0.39, 0.29) is 18.5 Å². The van der Waals surface area contributed by atoms with Gasteiger partial charge in [0, 0.05) is 29.1 Å². The van der Waals surface area contributed by atoms with Gasteiger partial charge in [0.1, 0.15) is 17.3 Å². The van der Waals surface area contributed by atoms with Crippen LogP contribution >= 0.6 is 0 Å². The maximum atomic E-state index is 13.3. The van der Waals surface area contributed by atoms with Crippen molar-refractivity contribution in [3.63, 3.8) is 0 Å². The molecule has 9 heteroatoms. The van der Waals surface area contributed by atoms with Crippen molar-refractivity contribution in [1.82, 2.24) is 0 Å². The molecule has 0 aromatic carbocycles. The minimum absolute atomic E-state index is 0.0773. The van der Waals surface area contributed by atoms with Gasteiger partial charge >= 0.3 is 5.97 Å². The second-order valence-corrected chi connectivity index (χ2v) is 13.1. The van der Waals surface area contributed by atoms with Crippen molar-refractivity contribution in [2.45, 2.75) is 101 Å². The Hall–Kier alpha value is -1.36. The van der Waals surface area contributed by atoms with E-state index in [0.29, 0.717) is 6.42 Å². The highest BCUT2D eigenvalue weighted by Crippen LogP contribution is 2.79. The monoisotopic (exact) mass is 506 g/mol. The Kier molecular flexibility index (Phi) is 4.71. The van der Waals surface area contributed by atoms with Gasteiger partial charge in [0.05, 0.1) is 30.3 Å². The molecule has 0 amide bonds. The van der Waals surface area contributed by atoms with Crippen LogP contribution in [-0.4, -0.2) is 80.2 Å². The number of ether oxygens (including phenoxy) is 4. The van der Waals surface area contributed by atoms with E-state index in [0.717, 1.165) is 0 Å². The number of esters is 1. The highest BCUT2D eigenvalue weighted by molar-refractivity contribution is 6.01. The van der Waals surface area contributed by atoms with Crippen LogP contribution in [0.2, 0.25) is 0 Å². The quantitative estimate of drug-likeness (QED) is 0.380. The molecule has 2 heterocycles. The van der Waals surface area contributed by atoms with Gasteiger partial charge < -0.3 is 34.3 Å². The summed E-state index contributed by atoms with van der Waals surface area (Å²) in [4.78, 5) is 26.3. The number of aliphatic hydroxyl groups is 3. The van der Waals surface area contributed by atoms with Crippen LogP contribution in [0.3, 0.4) is 0 Å². The van der Waals surface area contributed by atoms with E-state index >= 15 is 0 Å². The number of rotatable bonds is 3. The minimum atomic E-state index is -2.10. The lowest BCUT2D eigenvalue weighted by atomic mass is 9.58. The molecule has 0 aromatic rings. The van der Waals surface area contributed by atoms with Crippen molar-refractivity contribution >= 4 is 11.8 Å². The van der Waals surface area contributed by atoms with Crippen LogP contribution in [0.4, 0.5) is 0 Å². The van der Waals surface area contributed by atoms with Gasteiger partial charge in [0.2, 0.25) is 0 Å². The van der Waals surface area contributed by atoms with Gasteiger partial charge in [-0.1, -0.05) is 40.7 Å². The molecule has 12 atom stereocenters. The fourth-order valence-corrected chi connectivity index (χ4v) is 8.43. The number of aliphatic hydroxyl groups excluding tert-OH is 1. The molecule has 2 saturated heterocycles. The standard InChI is InChI=1S/C27H38O9/c1-8-12(2)20(30)35-27-17(22(27,4)5)16-19-24(34-19)11-33-23(6,7)36-21(24)26(32)14(9-10-15(26)28)25(16,31)13(3)18(27)29/h9-10,12-14,16-19,21,29,31-32H,8,11H2,1-7H3/t12?,13-,14+,16-,17-,18-,19+,21-,24+,25+,26-,27-/m1/s1. The lowest BCUT2D eigenvalue weighted by Gasteiger charge is -2.54. The minimum Gasteiger partial charge on any atom is -0.455 e. The maximum Gasteiger partial charge on any atom is 0.309 e. The highest BCUT2D eigenvalue weighted by atomic mass is 16.8. The van der Waals surface area contributed by atoms with E-state index in [1.807, 2.05) is 20.8 Å². The molecular weight excluding hydrogens is 468 g/mol. The summed E-state index contributed by atoms with van der Waals surface area (Å²) in [5.74, 6) is -5.39. The molecule has 0 aromatic heterocycles. The SMILES string of the molecule is CCC(C)C(=O)O[C@@]12[C@H](O)[C@@H](C)[C@@]3(O)[C@H]([C@@H]1C2(C)C)[C@@H]1O[C@@]12COC(C)(C)O[C@H]2[C@]1(O)C(=O)C=C[C@H]13. The summed E-state index contributed by atoms with van der Waals surface area (Å²) in [7, 11) is 0. The smallest absolute Gasteiger partial charge is 0.309 e. The fourth-order valence-electron chi connectivity index (χ4n) is 8.43. The number of fused-ring (bicyclic) bond motifs is 7. The van der Waals surface area contributed by atoms with E-state index in [1.54, 1.807) is 33.8 Å². The average molecular weight is 507 g/mol. The van der Waals surface area contributed by atoms with Gasteiger partial charge in [0.25, 0.3) is 0 Å². The molecule has 1 spiro atoms. The van der Waals surface area contributed by atoms with Crippen molar-refractivity contribution in [1.29, 1.82) is 0 Å². The molecule has 0 bridgehead atoms. The predicted octanol–water partition coefficient (Wildman–Crippen LogP) is 1.12. The Bertz CT molecular complexity index is 1070. The summed E-state index contributed by atoms with van der Waals surface area (Å²) in [6.07, 6.45) is 0.526. The molecule has 3 saturated carbocycles. The Balaban J connectivity index is 1.52. The highest BCUT2D eigenvalue weighted by Gasteiger charge is 2.93. The molecular formula is C27H38O9. The number of epoxide rings is 1. The van der Waals surface area contributed by atoms with Gasteiger partial charge in [-0.2, -0.15) is 0 Å². The first-order chi connectivity index (χ1) is 16.6. The Morgan fingerprint density at radius 2 is 1.89 bits per heavy atom. The largest absolute Gasteiger partial charge is 0.455 e. The molecule has 200 valence electrons. The van der Waals surface area contributed by atoms with Crippen LogP contribution in [0.5, 0.6) is 0 Å². The van der Waals surface area contributed by atoms with Crippen molar-refractivity contribution in [3.8, 4) is 0 Å². The molecule has 0 radical (unpaired) electrons. The van der Waals surface area contributed by atoms with Crippen LogP contribution in [-0.2, 0) is 28.5 Å². The topological polar surface area (TPSA) is 135 Å². The molecule has 9 nitrogen and oxygen atoms in total. The molecule has 2 aliphatic heterocycles. The number of carbonyl (C=O) groups excluding carboxylic acids is 2. The summed E-state index contributed by atoms with van der Waals surface area (Å²) in [5.41, 5.74) is -6.89. The molecule has 5 fully saturated rings. The van der Waals surface area contributed by atoms with Crippen molar-refractivity contribution in [3.05, 3.63) is 12.2 Å². The van der Waals surface area contributed by atoms with E-state index < -0.39 is 81.4 Å². The van der Waals surface area contributed by atoms with E-state index in [9.17, 15) is 24.9 Å². The summed E-state index contributed by atoms with van der Waals surface area (Å²) in [6, 6.07) is 0. The second kappa shape index (κ2) is 6.79. The number of hydrogen-bond donors (Lipinski definition) is 3. The third-order valence-electron chi connectivity index (χ3n) is 10.8. The van der Waals surface area contributed by atoms with Gasteiger partial charge in [0.15, 0.2) is 17.2 Å². The normalized spacial score (nSPS) is 55.7. The lowest BCUT2D eigenvalue weighted by Crippen LogP contribution is -2.70. The molecule has 4 aliphatic carbocycles. The molecule has 6 aliphatic rings.